The Morgan fingerprint density at radius 2 is 0.944 bits per heavy atom. The number of hydrogen-bond donors (Lipinski definition) is 2. The third-order valence-corrected chi connectivity index (χ3v) is 2.14. The second kappa shape index (κ2) is 7.06. The van der Waals surface area contributed by atoms with Gasteiger partial charge < -0.3 is 19.7 Å². The molecule has 4 nitrogen and oxygen atoms in total. The lowest BCUT2D eigenvalue weighted by Gasteiger charge is -1.96. The maximum Gasteiger partial charge on any atom is 0.119 e. The summed E-state index contributed by atoms with van der Waals surface area (Å²) in [5.74, 6) is 2.03. The third-order valence-electron chi connectivity index (χ3n) is 2.14. The summed E-state index contributed by atoms with van der Waals surface area (Å²) in [4.78, 5) is 0. The van der Waals surface area contributed by atoms with Crippen molar-refractivity contribution in [2.75, 3.05) is 14.2 Å². The minimum Gasteiger partial charge on any atom is -0.508 e. The average molecular weight is 250 g/mol. The standard InChI is InChI=1S/2C7H8O2.H2/c2*1-9-7-4-2-6(8)3-5-7;/h2*2-5,8H,1H3;1H. The molecule has 0 saturated heterocycles. The first kappa shape index (κ1) is 13.7. The van der Waals surface area contributed by atoms with E-state index in [0.29, 0.717) is 0 Å². The van der Waals surface area contributed by atoms with Gasteiger partial charge in [0.05, 0.1) is 14.2 Å². The molecule has 0 aliphatic carbocycles. The Morgan fingerprint density at radius 3 is 1.17 bits per heavy atom. The van der Waals surface area contributed by atoms with E-state index in [0.717, 1.165) is 11.5 Å². The molecule has 2 rings (SSSR count). The van der Waals surface area contributed by atoms with Crippen molar-refractivity contribution in [1.82, 2.24) is 0 Å². The Balaban J connectivity index is 0.000000324. The van der Waals surface area contributed by atoms with Crippen molar-refractivity contribution in [3.63, 3.8) is 0 Å². The molecule has 0 heterocycles. The first-order valence-electron chi connectivity index (χ1n) is 5.31. The third kappa shape index (κ3) is 4.65. The monoisotopic (exact) mass is 250 g/mol. The van der Waals surface area contributed by atoms with Gasteiger partial charge in [-0.05, 0) is 48.5 Å². The fourth-order valence-electron chi connectivity index (χ4n) is 1.16. The maximum absolute atomic E-state index is 8.80. The van der Waals surface area contributed by atoms with Crippen LogP contribution in [0.3, 0.4) is 0 Å². The van der Waals surface area contributed by atoms with Crippen molar-refractivity contribution < 1.29 is 21.1 Å². The van der Waals surface area contributed by atoms with Crippen LogP contribution < -0.4 is 9.47 Å². The maximum atomic E-state index is 8.80. The summed E-state index contributed by atoms with van der Waals surface area (Å²) in [5, 5.41) is 17.6. The molecule has 0 fully saturated rings. The van der Waals surface area contributed by atoms with Gasteiger partial charge in [0.25, 0.3) is 0 Å². The number of methoxy groups -OCH3 is 2. The first-order valence-corrected chi connectivity index (χ1v) is 5.31. The summed E-state index contributed by atoms with van der Waals surface area (Å²) < 4.78 is 9.72. The van der Waals surface area contributed by atoms with Crippen LogP contribution in [0.15, 0.2) is 48.5 Å². The first-order chi connectivity index (χ1) is 8.65. The fourth-order valence-corrected chi connectivity index (χ4v) is 1.16. The zero-order valence-electron chi connectivity index (χ0n) is 10.3. The van der Waals surface area contributed by atoms with Crippen molar-refractivity contribution in [1.29, 1.82) is 0 Å². The Hall–Kier alpha value is -2.36. The highest BCUT2D eigenvalue weighted by Crippen LogP contribution is 2.15. The Kier molecular flexibility index (Phi) is 5.38. The normalized spacial score (nSPS) is 9.00. The van der Waals surface area contributed by atoms with Crippen molar-refractivity contribution in [3.05, 3.63) is 48.5 Å². The minimum atomic E-state index is 0. The molecule has 0 bridgehead atoms. The molecule has 98 valence electrons. The van der Waals surface area contributed by atoms with E-state index in [1.165, 1.54) is 0 Å². The molecule has 4 heteroatoms. The summed E-state index contributed by atoms with van der Waals surface area (Å²) >= 11 is 0. The van der Waals surface area contributed by atoms with Crippen LogP contribution in [0.4, 0.5) is 0 Å². The SMILES string of the molecule is COc1ccc(O)cc1.COc1ccc(O)cc1.[HH]. The number of rotatable bonds is 2. The molecule has 0 aliphatic rings. The van der Waals surface area contributed by atoms with Gasteiger partial charge >= 0.3 is 0 Å². The molecule has 0 spiro atoms. The van der Waals surface area contributed by atoms with Gasteiger partial charge in [-0.15, -0.1) is 0 Å². The summed E-state index contributed by atoms with van der Waals surface area (Å²) in [6.45, 7) is 0. The largest absolute Gasteiger partial charge is 0.508 e. The van der Waals surface area contributed by atoms with E-state index in [1.807, 2.05) is 0 Å². The van der Waals surface area contributed by atoms with Crippen LogP contribution in [0.2, 0.25) is 0 Å². The highest BCUT2D eigenvalue weighted by atomic mass is 16.5. The van der Waals surface area contributed by atoms with Crippen LogP contribution in [0.25, 0.3) is 0 Å². The smallest absolute Gasteiger partial charge is 0.119 e. The summed E-state index contributed by atoms with van der Waals surface area (Å²) in [7, 11) is 3.18. The van der Waals surface area contributed by atoms with E-state index in [-0.39, 0.29) is 12.9 Å². The lowest BCUT2D eigenvalue weighted by Crippen LogP contribution is -1.79. The molecule has 0 atom stereocenters. The molecular weight excluding hydrogens is 232 g/mol. The second-order valence-corrected chi connectivity index (χ2v) is 3.40. The van der Waals surface area contributed by atoms with Crippen LogP contribution >= 0.6 is 0 Å². The van der Waals surface area contributed by atoms with E-state index in [1.54, 1.807) is 62.8 Å². The van der Waals surface area contributed by atoms with Gasteiger partial charge in [0.2, 0.25) is 0 Å². The molecule has 2 N–H and O–H groups in total. The van der Waals surface area contributed by atoms with Crippen LogP contribution in [-0.2, 0) is 0 Å². The van der Waals surface area contributed by atoms with E-state index < -0.39 is 0 Å². The predicted octanol–water partition coefficient (Wildman–Crippen LogP) is 3.05. The van der Waals surface area contributed by atoms with E-state index in [2.05, 4.69) is 0 Å². The van der Waals surface area contributed by atoms with Gasteiger partial charge in [-0.3, -0.25) is 0 Å². The molecular formula is C14H18O4. The number of aromatic hydroxyl groups is 2. The quantitative estimate of drug-likeness (QED) is 0.860. The zero-order valence-corrected chi connectivity index (χ0v) is 10.3. The number of phenols is 2. The molecule has 0 aliphatic heterocycles. The molecule has 18 heavy (non-hydrogen) atoms. The minimum absolute atomic E-state index is 0. The predicted molar refractivity (Wildman–Crippen MR) is 71.4 cm³/mol. The van der Waals surface area contributed by atoms with Crippen molar-refractivity contribution in [3.8, 4) is 23.0 Å². The van der Waals surface area contributed by atoms with Gasteiger partial charge in [-0.25, -0.2) is 0 Å². The molecule has 2 aromatic rings. The molecule has 0 unspecified atom stereocenters. The number of hydrogen-bond acceptors (Lipinski definition) is 4. The van der Waals surface area contributed by atoms with E-state index in [9.17, 15) is 0 Å². The van der Waals surface area contributed by atoms with Crippen LogP contribution in [0.5, 0.6) is 23.0 Å². The van der Waals surface area contributed by atoms with Gasteiger partial charge in [-0.1, -0.05) is 0 Å². The molecule has 0 aromatic heterocycles. The Labute approximate surface area is 108 Å². The molecule has 0 amide bonds. The van der Waals surface area contributed by atoms with Crippen molar-refractivity contribution in [2.45, 2.75) is 0 Å². The van der Waals surface area contributed by atoms with Gasteiger partial charge in [-0.2, -0.15) is 0 Å². The Morgan fingerprint density at radius 1 is 0.667 bits per heavy atom. The van der Waals surface area contributed by atoms with Gasteiger partial charge in [0.1, 0.15) is 23.0 Å². The Bertz CT molecular complexity index is 408. The second-order valence-electron chi connectivity index (χ2n) is 3.40. The molecule has 2 aromatic carbocycles. The molecule has 0 radical (unpaired) electrons. The topological polar surface area (TPSA) is 58.9 Å². The number of ether oxygens (including phenoxy) is 2. The fraction of sp³-hybridized carbons (Fsp3) is 0.143. The van der Waals surface area contributed by atoms with Crippen LogP contribution in [-0.4, -0.2) is 24.4 Å². The zero-order chi connectivity index (χ0) is 13.4. The summed E-state index contributed by atoms with van der Waals surface area (Å²) in [6, 6.07) is 13.1. The average Bonchev–Trinajstić information content (AvgIpc) is 2.41. The van der Waals surface area contributed by atoms with Crippen LogP contribution in [0, 0.1) is 0 Å². The van der Waals surface area contributed by atoms with Crippen molar-refractivity contribution in [2.24, 2.45) is 0 Å². The summed E-state index contributed by atoms with van der Waals surface area (Å²) in [6.07, 6.45) is 0. The number of phenolic OH excluding ortho intramolecular Hbond substituents is 2. The van der Waals surface area contributed by atoms with Gasteiger partial charge in [0, 0.05) is 1.43 Å². The lowest BCUT2D eigenvalue weighted by molar-refractivity contribution is 0.412. The number of benzene rings is 2. The van der Waals surface area contributed by atoms with Gasteiger partial charge in [0.15, 0.2) is 0 Å². The van der Waals surface area contributed by atoms with E-state index >= 15 is 0 Å². The van der Waals surface area contributed by atoms with Crippen LogP contribution in [0.1, 0.15) is 1.43 Å². The highest BCUT2D eigenvalue weighted by Gasteiger charge is 1.88. The lowest BCUT2D eigenvalue weighted by atomic mass is 10.3. The van der Waals surface area contributed by atoms with Crippen molar-refractivity contribution >= 4 is 0 Å². The highest BCUT2D eigenvalue weighted by molar-refractivity contribution is 5.30. The van der Waals surface area contributed by atoms with E-state index in [4.69, 9.17) is 19.7 Å². The molecule has 0 saturated carbocycles. The summed E-state index contributed by atoms with van der Waals surface area (Å²) in [5.41, 5.74) is 0.